The first-order valence-corrected chi connectivity index (χ1v) is 12.8. The zero-order valence-electron chi connectivity index (χ0n) is 21.6. The van der Waals surface area contributed by atoms with E-state index in [2.05, 4.69) is 51.2 Å². The minimum Gasteiger partial charge on any atom is -0.504 e. The summed E-state index contributed by atoms with van der Waals surface area (Å²) in [7, 11) is 0. The lowest BCUT2D eigenvalue weighted by atomic mass is 9.49. The Morgan fingerprint density at radius 2 is 1.78 bits per heavy atom. The lowest BCUT2D eigenvalue weighted by molar-refractivity contribution is -0.125. The highest BCUT2D eigenvalue weighted by molar-refractivity contribution is 5.92. The third-order valence-electron chi connectivity index (χ3n) is 8.50. The molecule has 0 aromatic heterocycles. The normalized spacial score (nSPS) is 25.1. The quantitative estimate of drug-likeness (QED) is 0.334. The molecule has 4 N–H and O–H groups in total. The number of amides is 1. The van der Waals surface area contributed by atoms with Gasteiger partial charge >= 0.3 is 5.97 Å². The van der Waals surface area contributed by atoms with Crippen molar-refractivity contribution in [2.45, 2.75) is 71.1 Å². The fourth-order valence-electron chi connectivity index (χ4n) is 6.50. The van der Waals surface area contributed by atoms with E-state index in [1.54, 1.807) is 0 Å². The zero-order chi connectivity index (χ0) is 26.3. The Balaban J connectivity index is 1.40. The number of hydrogen-bond acceptors (Lipinski definition) is 6. The van der Waals surface area contributed by atoms with Gasteiger partial charge in [0.25, 0.3) is 5.91 Å². The Bertz CT molecular complexity index is 1150. The SMILES string of the molecule is CC(C)c1ccc2c(c1)CCC1C(C)(CNC(=O)COC(=O)c3cc(O)c(O)c(O)c3)CCCC21C. The molecule has 1 saturated carbocycles. The van der Waals surface area contributed by atoms with E-state index in [4.69, 9.17) is 4.74 Å². The van der Waals surface area contributed by atoms with Crippen molar-refractivity contribution in [2.24, 2.45) is 11.3 Å². The van der Waals surface area contributed by atoms with Gasteiger partial charge in [-0.05, 0) is 77.2 Å². The van der Waals surface area contributed by atoms with Crippen molar-refractivity contribution in [3.05, 3.63) is 52.6 Å². The maximum absolute atomic E-state index is 12.6. The Hall–Kier alpha value is -3.22. The molecule has 0 saturated heterocycles. The zero-order valence-corrected chi connectivity index (χ0v) is 21.6. The van der Waals surface area contributed by atoms with Crippen LogP contribution in [0.3, 0.4) is 0 Å². The largest absolute Gasteiger partial charge is 0.504 e. The Kier molecular flexibility index (Phi) is 6.95. The maximum atomic E-state index is 12.6. The van der Waals surface area contributed by atoms with Crippen molar-refractivity contribution in [1.29, 1.82) is 0 Å². The number of fused-ring (bicyclic) bond motifs is 3. The third-order valence-corrected chi connectivity index (χ3v) is 8.50. The molecule has 1 amide bonds. The van der Waals surface area contributed by atoms with Gasteiger partial charge in [0.2, 0.25) is 0 Å². The molecule has 7 nitrogen and oxygen atoms in total. The molecule has 7 heteroatoms. The Morgan fingerprint density at radius 3 is 2.44 bits per heavy atom. The van der Waals surface area contributed by atoms with E-state index in [0.29, 0.717) is 18.4 Å². The highest BCUT2D eigenvalue weighted by Crippen LogP contribution is 2.57. The van der Waals surface area contributed by atoms with Gasteiger partial charge < -0.3 is 25.4 Å². The van der Waals surface area contributed by atoms with E-state index in [-0.39, 0.29) is 16.4 Å². The number of phenolic OH excluding ortho intramolecular Hbond substituents is 3. The summed E-state index contributed by atoms with van der Waals surface area (Å²) in [6, 6.07) is 8.94. The van der Waals surface area contributed by atoms with E-state index in [1.807, 2.05) is 0 Å². The van der Waals surface area contributed by atoms with Crippen molar-refractivity contribution < 1.29 is 29.6 Å². The second-order valence-corrected chi connectivity index (χ2v) is 11.3. The monoisotopic (exact) mass is 495 g/mol. The van der Waals surface area contributed by atoms with Gasteiger partial charge in [-0.3, -0.25) is 4.79 Å². The van der Waals surface area contributed by atoms with E-state index >= 15 is 0 Å². The molecular formula is C29H37NO6. The number of carbonyl (C=O) groups excluding carboxylic acids is 2. The van der Waals surface area contributed by atoms with Gasteiger partial charge in [-0.1, -0.05) is 52.3 Å². The van der Waals surface area contributed by atoms with Crippen molar-refractivity contribution in [3.8, 4) is 17.2 Å². The first-order valence-electron chi connectivity index (χ1n) is 12.8. The number of aryl methyl sites for hydroxylation is 1. The third kappa shape index (κ3) is 4.75. The summed E-state index contributed by atoms with van der Waals surface area (Å²) in [4.78, 5) is 24.8. The average molecular weight is 496 g/mol. The summed E-state index contributed by atoms with van der Waals surface area (Å²) >= 11 is 0. The maximum Gasteiger partial charge on any atom is 0.338 e. The molecule has 36 heavy (non-hydrogen) atoms. The predicted molar refractivity (Wildman–Crippen MR) is 136 cm³/mol. The molecule has 0 bridgehead atoms. The standard InChI is InChI=1S/C29H37NO6/c1-17(2)18-6-8-21-19(12-18)7-9-24-28(3,10-5-11-29(21,24)4)16-30-25(33)15-36-27(35)20-13-22(31)26(34)23(32)14-20/h6,8,12-14,17,24,31-32,34H,5,7,9-11,15-16H2,1-4H3,(H,30,33). The number of hydrogen-bond donors (Lipinski definition) is 4. The molecule has 0 spiro atoms. The number of carbonyl (C=O) groups is 2. The summed E-state index contributed by atoms with van der Waals surface area (Å²) in [5.41, 5.74) is 4.13. The van der Waals surface area contributed by atoms with Crippen LogP contribution in [0.5, 0.6) is 17.2 Å². The number of phenols is 3. The van der Waals surface area contributed by atoms with Crippen LogP contribution in [-0.2, 0) is 21.4 Å². The molecule has 1 fully saturated rings. The summed E-state index contributed by atoms with van der Waals surface area (Å²) in [6.07, 6.45) is 5.38. The molecule has 2 aromatic carbocycles. The molecule has 2 aliphatic carbocycles. The van der Waals surface area contributed by atoms with Crippen molar-refractivity contribution in [1.82, 2.24) is 5.32 Å². The minimum atomic E-state index is -0.878. The van der Waals surface area contributed by atoms with Crippen molar-refractivity contribution in [3.63, 3.8) is 0 Å². The van der Waals surface area contributed by atoms with E-state index in [0.717, 1.165) is 44.2 Å². The van der Waals surface area contributed by atoms with E-state index in [1.165, 1.54) is 16.7 Å². The molecular weight excluding hydrogens is 458 g/mol. The molecule has 3 unspecified atom stereocenters. The van der Waals surface area contributed by atoms with Crippen LogP contribution >= 0.6 is 0 Å². The molecule has 0 aliphatic heterocycles. The van der Waals surface area contributed by atoms with Gasteiger partial charge in [0, 0.05) is 6.54 Å². The molecule has 194 valence electrons. The fraction of sp³-hybridized carbons (Fsp3) is 0.517. The number of aromatic hydroxyl groups is 3. The van der Waals surface area contributed by atoms with E-state index < -0.39 is 35.7 Å². The molecule has 4 rings (SSSR count). The molecule has 2 aromatic rings. The van der Waals surface area contributed by atoms with Crippen LogP contribution in [0.4, 0.5) is 0 Å². The first kappa shape index (κ1) is 25.9. The highest BCUT2D eigenvalue weighted by atomic mass is 16.5. The number of benzene rings is 2. The molecule has 3 atom stereocenters. The minimum absolute atomic E-state index is 0.0656. The summed E-state index contributed by atoms with van der Waals surface area (Å²) in [5, 5.41) is 31.6. The second-order valence-electron chi connectivity index (χ2n) is 11.3. The number of esters is 1. The van der Waals surface area contributed by atoms with Gasteiger partial charge in [-0.25, -0.2) is 4.79 Å². The van der Waals surface area contributed by atoms with Crippen LogP contribution in [0.2, 0.25) is 0 Å². The van der Waals surface area contributed by atoms with Crippen molar-refractivity contribution in [2.75, 3.05) is 13.2 Å². The number of rotatable bonds is 6. The van der Waals surface area contributed by atoms with Crippen molar-refractivity contribution >= 4 is 11.9 Å². The van der Waals surface area contributed by atoms with Crippen LogP contribution in [-0.4, -0.2) is 40.3 Å². The van der Waals surface area contributed by atoms with Crippen LogP contribution in [0, 0.1) is 11.3 Å². The fourth-order valence-corrected chi connectivity index (χ4v) is 6.50. The average Bonchev–Trinajstić information content (AvgIpc) is 2.83. The predicted octanol–water partition coefficient (Wildman–Crippen LogP) is 4.91. The summed E-state index contributed by atoms with van der Waals surface area (Å²) in [6.45, 7) is 9.13. The van der Waals surface area contributed by atoms with Gasteiger partial charge in [0.1, 0.15) is 0 Å². The highest BCUT2D eigenvalue weighted by Gasteiger charge is 2.51. The number of ether oxygens (including phenoxy) is 1. The lowest BCUT2D eigenvalue weighted by Crippen LogP contribution is -2.53. The first-order chi connectivity index (χ1) is 16.9. The Labute approximate surface area is 212 Å². The Morgan fingerprint density at radius 1 is 1.08 bits per heavy atom. The lowest BCUT2D eigenvalue weighted by Gasteiger charge is -2.55. The topological polar surface area (TPSA) is 116 Å². The summed E-state index contributed by atoms with van der Waals surface area (Å²) in [5.74, 6) is -2.35. The van der Waals surface area contributed by atoms with Crippen LogP contribution in [0.25, 0.3) is 0 Å². The van der Waals surface area contributed by atoms with Gasteiger partial charge in [-0.15, -0.1) is 0 Å². The van der Waals surface area contributed by atoms with Crippen LogP contribution < -0.4 is 5.32 Å². The van der Waals surface area contributed by atoms with Gasteiger partial charge in [0.05, 0.1) is 5.56 Å². The van der Waals surface area contributed by atoms with Crippen LogP contribution in [0.15, 0.2) is 30.3 Å². The molecule has 2 aliphatic rings. The second kappa shape index (κ2) is 9.68. The van der Waals surface area contributed by atoms with Crippen LogP contribution in [0.1, 0.15) is 86.3 Å². The van der Waals surface area contributed by atoms with Gasteiger partial charge in [-0.2, -0.15) is 0 Å². The summed E-state index contributed by atoms with van der Waals surface area (Å²) < 4.78 is 5.06. The molecule has 0 heterocycles. The van der Waals surface area contributed by atoms with E-state index in [9.17, 15) is 24.9 Å². The van der Waals surface area contributed by atoms with Gasteiger partial charge in [0.15, 0.2) is 23.9 Å². The smallest absolute Gasteiger partial charge is 0.338 e. The molecule has 0 radical (unpaired) electrons. The number of nitrogens with one attached hydrogen (secondary N) is 1.